The first-order valence-corrected chi connectivity index (χ1v) is 14.4. The summed E-state index contributed by atoms with van der Waals surface area (Å²) in [7, 11) is 3.41. The minimum atomic E-state index is -0.787. The average Bonchev–Trinajstić information content (AvgIpc) is 3.39. The lowest BCUT2D eigenvalue weighted by atomic mass is 9.92. The van der Waals surface area contributed by atoms with Crippen LogP contribution < -0.4 is 15.2 Å². The molecule has 0 radical (unpaired) electrons. The number of carbonyl (C=O) groups excluding carboxylic acids is 1. The number of fused-ring (bicyclic) bond motifs is 1. The highest BCUT2D eigenvalue weighted by Gasteiger charge is 2.24. The van der Waals surface area contributed by atoms with Gasteiger partial charge in [0.15, 0.2) is 0 Å². The molecule has 0 aliphatic carbocycles. The number of aryl methyl sites for hydroxylation is 2. The summed E-state index contributed by atoms with van der Waals surface area (Å²) in [5.74, 6) is -0.459. The fourth-order valence-electron chi connectivity index (χ4n) is 5.83. The summed E-state index contributed by atoms with van der Waals surface area (Å²) in [5.41, 5.74) is 9.64. The highest BCUT2D eigenvalue weighted by molar-refractivity contribution is 6.01. The quantitative estimate of drug-likeness (QED) is 0.225. The Morgan fingerprint density at radius 2 is 1.70 bits per heavy atom. The van der Waals surface area contributed by atoms with Crippen LogP contribution in [0.2, 0.25) is 0 Å². The maximum atomic E-state index is 12.8. The lowest BCUT2D eigenvalue weighted by Crippen LogP contribution is -2.26. The van der Waals surface area contributed by atoms with E-state index in [4.69, 9.17) is 20.3 Å². The number of primary amides is 1. The molecule has 8 heteroatoms. The topological polar surface area (TPSA) is 102 Å². The van der Waals surface area contributed by atoms with E-state index < -0.39 is 17.7 Å². The van der Waals surface area contributed by atoms with Gasteiger partial charge >= 0.3 is 5.97 Å². The Balaban J connectivity index is 0.000000324. The van der Waals surface area contributed by atoms with Gasteiger partial charge in [-0.2, -0.15) is 0 Å². The largest absolute Gasteiger partial charge is 0.496 e. The van der Waals surface area contributed by atoms with Crippen molar-refractivity contribution >= 4 is 22.6 Å². The minimum absolute atomic E-state index is 0.0208. The summed E-state index contributed by atoms with van der Waals surface area (Å²) in [6.45, 7) is 5.87. The van der Waals surface area contributed by atoms with Gasteiger partial charge in [-0.1, -0.05) is 54.6 Å². The van der Waals surface area contributed by atoms with Gasteiger partial charge in [-0.3, -0.25) is 14.5 Å². The zero-order valence-corrected chi connectivity index (χ0v) is 25.2. The molecule has 7 nitrogen and oxygen atoms in total. The number of carbonyl (C=O) groups is 2. The standard InChI is InChI=1S/C27H31NO4.C8H8FNO/c1-18-7-6-16-28(18)17-20-12-14-24(31-2)26(27(20)32-3)23-11-5-9-21-19(13-15-25(29)30)8-4-10-22(21)23;1-5-3-2-4-6(9)7(5)8(10)11/h4-5,8-12,14,18H,6-7,13,15-17H2,1-3H3,(H,29,30);2-4H,1H3,(H2,10,11). The summed E-state index contributed by atoms with van der Waals surface area (Å²) in [6, 6.07) is 21.4. The second-order valence-electron chi connectivity index (χ2n) is 10.8. The number of rotatable bonds is 9. The summed E-state index contributed by atoms with van der Waals surface area (Å²) in [4.78, 5) is 24.3. The number of likely N-dealkylation sites (tertiary alicyclic amines) is 1. The molecule has 0 aromatic heterocycles. The Kier molecular flexibility index (Phi) is 10.4. The van der Waals surface area contributed by atoms with Crippen LogP contribution in [0, 0.1) is 12.7 Å². The maximum Gasteiger partial charge on any atom is 0.303 e. The number of hydrogen-bond donors (Lipinski definition) is 2. The SMILES string of the molecule is COc1ccc(CN2CCCC2C)c(OC)c1-c1cccc2c(CCC(=O)O)cccc12.Cc1cccc(F)c1C(N)=O. The predicted molar refractivity (Wildman–Crippen MR) is 167 cm³/mol. The van der Waals surface area contributed by atoms with Crippen molar-refractivity contribution in [3.8, 4) is 22.6 Å². The van der Waals surface area contributed by atoms with Gasteiger partial charge in [0.1, 0.15) is 17.3 Å². The highest BCUT2D eigenvalue weighted by atomic mass is 19.1. The van der Waals surface area contributed by atoms with Crippen LogP contribution in [-0.2, 0) is 17.8 Å². The van der Waals surface area contributed by atoms with Crippen LogP contribution in [-0.4, -0.2) is 48.7 Å². The van der Waals surface area contributed by atoms with Gasteiger partial charge in [-0.05, 0) is 79.3 Å². The van der Waals surface area contributed by atoms with E-state index in [0.29, 0.717) is 18.0 Å². The van der Waals surface area contributed by atoms with E-state index in [1.807, 2.05) is 24.3 Å². The van der Waals surface area contributed by atoms with Crippen LogP contribution in [0.25, 0.3) is 21.9 Å². The van der Waals surface area contributed by atoms with E-state index in [0.717, 1.165) is 57.6 Å². The molecule has 1 amide bonds. The van der Waals surface area contributed by atoms with Crippen molar-refractivity contribution in [3.05, 3.63) is 94.8 Å². The molecule has 4 aromatic rings. The van der Waals surface area contributed by atoms with Crippen LogP contribution in [0.5, 0.6) is 11.5 Å². The lowest BCUT2D eigenvalue weighted by Gasteiger charge is -2.24. The Labute approximate surface area is 252 Å². The molecule has 226 valence electrons. The zero-order valence-electron chi connectivity index (χ0n) is 25.2. The van der Waals surface area contributed by atoms with Crippen LogP contribution in [0.4, 0.5) is 4.39 Å². The molecule has 1 unspecified atom stereocenters. The highest BCUT2D eigenvalue weighted by Crippen LogP contribution is 2.44. The average molecular weight is 587 g/mol. The monoisotopic (exact) mass is 586 g/mol. The second-order valence-corrected chi connectivity index (χ2v) is 10.8. The Morgan fingerprint density at radius 1 is 0.977 bits per heavy atom. The molecule has 0 saturated carbocycles. The molecule has 0 spiro atoms. The van der Waals surface area contributed by atoms with Crippen molar-refractivity contribution in [1.82, 2.24) is 4.90 Å². The van der Waals surface area contributed by atoms with E-state index in [9.17, 15) is 14.0 Å². The molecule has 1 atom stereocenters. The molecule has 3 N–H and O–H groups in total. The molecule has 4 aromatic carbocycles. The molecule has 43 heavy (non-hydrogen) atoms. The lowest BCUT2D eigenvalue weighted by molar-refractivity contribution is -0.136. The molecule has 1 fully saturated rings. The van der Waals surface area contributed by atoms with Crippen molar-refractivity contribution in [1.29, 1.82) is 0 Å². The fourth-order valence-corrected chi connectivity index (χ4v) is 5.83. The molecule has 1 saturated heterocycles. The Hall–Kier alpha value is -4.43. The first kappa shape index (κ1) is 31.5. The molecule has 5 rings (SSSR count). The number of benzene rings is 4. The third kappa shape index (κ3) is 7.14. The normalized spacial score (nSPS) is 14.7. The van der Waals surface area contributed by atoms with Crippen molar-refractivity contribution in [3.63, 3.8) is 0 Å². The smallest absolute Gasteiger partial charge is 0.303 e. The predicted octanol–water partition coefficient (Wildman–Crippen LogP) is 6.76. The number of halogens is 1. The summed E-state index contributed by atoms with van der Waals surface area (Å²) < 4.78 is 24.6. The molecule has 1 aliphatic rings. The van der Waals surface area contributed by atoms with Gasteiger partial charge in [0.25, 0.3) is 5.91 Å². The van der Waals surface area contributed by atoms with Gasteiger partial charge in [0, 0.05) is 24.6 Å². The first-order valence-electron chi connectivity index (χ1n) is 14.4. The number of hydrogen-bond acceptors (Lipinski definition) is 5. The maximum absolute atomic E-state index is 12.8. The molecule has 1 heterocycles. The van der Waals surface area contributed by atoms with Crippen LogP contribution in [0.1, 0.15) is 53.2 Å². The van der Waals surface area contributed by atoms with Crippen molar-refractivity contribution < 1.29 is 28.6 Å². The van der Waals surface area contributed by atoms with Gasteiger partial charge < -0.3 is 20.3 Å². The summed E-state index contributed by atoms with van der Waals surface area (Å²) in [5, 5.41) is 11.3. The number of carboxylic acid groups (broad SMARTS) is 1. The summed E-state index contributed by atoms with van der Waals surface area (Å²) in [6.07, 6.45) is 3.07. The van der Waals surface area contributed by atoms with E-state index in [1.54, 1.807) is 27.2 Å². The Bertz CT molecular complexity index is 1600. The fraction of sp³-hybridized carbons (Fsp3) is 0.314. The van der Waals surface area contributed by atoms with Crippen LogP contribution in [0.3, 0.4) is 0 Å². The first-order chi connectivity index (χ1) is 20.7. The van der Waals surface area contributed by atoms with Gasteiger partial charge in [-0.25, -0.2) is 4.39 Å². The third-order valence-corrected chi connectivity index (χ3v) is 8.05. The number of aliphatic carboxylic acids is 1. The van der Waals surface area contributed by atoms with E-state index in [1.165, 1.54) is 25.0 Å². The number of ether oxygens (including phenoxy) is 2. The van der Waals surface area contributed by atoms with Crippen molar-refractivity contribution in [2.45, 2.75) is 52.1 Å². The van der Waals surface area contributed by atoms with Gasteiger partial charge in [-0.15, -0.1) is 0 Å². The van der Waals surface area contributed by atoms with Crippen LogP contribution >= 0.6 is 0 Å². The van der Waals surface area contributed by atoms with Crippen molar-refractivity contribution in [2.75, 3.05) is 20.8 Å². The molecular weight excluding hydrogens is 547 g/mol. The third-order valence-electron chi connectivity index (χ3n) is 8.05. The van der Waals surface area contributed by atoms with Crippen LogP contribution in [0.15, 0.2) is 66.7 Å². The van der Waals surface area contributed by atoms with E-state index in [-0.39, 0.29) is 12.0 Å². The van der Waals surface area contributed by atoms with E-state index in [2.05, 4.69) is 36.1 Å². The number of amides is 1. The zero-order chi connectivity index (χ0) is 31.1. The van der Waals surface area contributed by atoms with E-state index >= 15 is 0 Å². The van der Waals surface area contributed by atoms with Gasteiger partial charge in [0.05, 0.1) is 25.3 Å². The number of carboxylic acids is 1. The Morgan fingerprint density at radius 3 is 2.30 bits per heavy atom. The van der Waals surface area contributed by atoms with Crippen molar-refractivity contribution in [2.24, 2.45) is 5.73 Å². The summed E-state index contributed by atoms with van der Waals surface area (Å²) >= 11 is 0. The molecule has 1 aliphatic heterocycles. The minimum Gasteiger partial charge on any atom is -0.496 e. The van der Waals surface area contributed by atoms with Gasteiger partial charge in [0.2, 0.25) is 0 Å². The second kappa shape index (κ2) is 14.2. The molecule has 0 bridgehead atoms. The molecular formula is C35H39FN2O5. The number of nitrogens with zero attached hydrogens (tertiary/aromatic N) is 1. The number of nitrogens with two attached hydrogens (primary N) is 1. The number of methoxy groups -OCH3 is 2.